The Morgan fingerprint density at radius 2 is 1.93 bits per heavy atom. The average Bonchev–Trinajstić information content (AvgIpc) is 3.28. The molecule has 0 radical (unpaired) electrons. The number of rotatable bonds is 1. The molecule has 0 aliphatic heterocycles. The summed E-state index contributed by atoms with van der Waals surface area (Å²) < 4.78 is 2.37. The van der Waals surface area contributed by atoms with Crippen LogP contribution in [-0.2, 0) is 0 Å². The molecule has 0 bridgehead atoms. The fourth-order valence-corrected chi connectivity index (χ4v) is 8.02. The highest BCUT2D eigenvalue weighted by Crippen LogP contribution is 2.67. The minimum atomic E-state index is 0.158. The number of allylic oxidation sites excluding steroid dienone is 5. The second-order valence-corrected chi connectivity index (χ2v) is 11.2. The summed E-state index contributed by atoms with van der Waals surface area (Å²) >= 11 is 0. The highest BCUT2D eigenvalue weighted by atomic mass is 15.1. The Morgan fingerprint density at radius 1 is 1.10 bits per heavy atom. The molecule has 1 aromatic carbocycles. The van der Waals surface area contributed by atoms with Gasteiger partial charge in [-0.15, -0.1) is 0 Å². The molecule has 4 aliphatic rings. The molecule has 30 heavy (non-hydrogen) atoms. The Morgan fingerprint density at radius 3 is 2.80 bits per heavy atom. The van der Waals surface area contributed by atoms with E-state index >= 15 is 0 Å². The van der Waals surface area contributed by atoms with Gasteiger partial charge in [-0.05, 0) is 79.7 Å². The maximum Gasteiger partial charge on any atom is 0.100 e. The van der Waals surface area contributed by atoms with E-state index in [1.165, 1.54) is 48.9 Å². The normalized spacial score (nSPS) is 40.4. The lowest BCUT2D eigenvalue weighted by Gasteiger charge is -2.58. The van der Waals surface area contributed by atoms with Crippen molar-refractivity contribution in [2.24, 2.45) is 34.5 Å². The summed E-state index contributed by atoms with van der Waals surface area (Å²) in [5.41, 5.74) is 7.55. The summed E-state index contributed by atoms with van der Waals surface area (Å²) in [7, 11) is 0. The predicted octanol–water partition coefficient (Wildman–Crippen LogP) is 7.25. The van der Waals surface area contributed by atoms with Crippen molar-refractivity contribution in [3.05, 3.63) is 60.5 Å². The van der Waals surface area contributed by atoms with E-state index in [4.69, 9.17) is 11.6 Å². The van der Waals surface area contributed by atoms with E-state index in [9.17, 15) is 0 Å². The Labute approximate surface area is 180 Å². The van der Waals surface area contributed by atoms with E-state index in [-0.39, 0.29) is 5.41 Å². The van der Waals surface area contributed by atoms with Gasteiger partial charge in [0.25, 0.3) is 0 Å². The fraction of sp³-hybridized carbons (Fsp3) is 0.536. The molecule has 2 heteroatoms. The zero-order valence-electron chi connectivity index (χ0n) is 18.7. The summed E-state index contributed by atoms with van der Waals surface area (Å²) in [6.45, 7) is 12.3. The molecule has 0 spiro atoms. The smallest absolute Gasteiger partial charge is 0.100 e. The topological polar surface area (TPSA) is 17.8 Å². The molecule has 6 rings (SSSR count). The quantitative estimate of drug-likeness (QED) is 0.462. The molecule has 1 aromatic heterocycles. The van der Waals surface area contributed by atoms with Gasteiger partial charge >= 0.3 is 0 Å². The van der Waals surface area contributed by atoms with Crippen LogP contribution in [0.5, 0.6) is 0 Å². The number of imidazole rings is 1. The van der Waals surface area contributed by atoms with Gasteiger partial charge in [0.2, 0.25) is 0 Å². The maximum atomic E-state index is 4.76. The second-order valence-electron chi connectivity index (χ2n) is 11.2. The Hall–Kier alpha value is -2.09. The molecular formula is C28H34N2. The monoisotopic (exact) mass is 398 g/mol. The van der Waals surface area contributed by atoms with E-state index in [1.54, 1.807) is 5.57 Å². The van der Waals surface area contributed by atoms with Gasteiger partial charge in [-0.3, -0.25) is 0 Å². The highest BCUT2D eigenvalue weighted by molar-refractivity contribution is 5.80. The number of hydrogen-bond donors (Lipinski definition) is 0. The fourth-order valence-electron chi connectivity index (χ4n) is 8.02. The van der Waals surface area contributed by atoms with Crippen LogP contribution in [0.1, 0.15) is 59.3 Å². The first kappa shape index (κ1) is 18.7. The van der Waals surface area contributed by atoms with Crippen molar-refractivity contribution in [1.82, 2.24) is 9.55 Å². The van der Waals surface area contributed by atoms with Crippen molar-refractivity contribution in [3.8, 4) is 0 Å². The van der Waals surface area contributed by atoms with E-state index in [0.717, 1.165) is 23.8 Å². The third-order valence-electron chi connectivity index (χ3n) is 9.44. The van der Waals surface area contributed by atoms with Crippen LogP contribution in [0.15, 0.2) is 60.5 Å². The minimum absolute atomic E-state index is 0.158. The molecular weight excluding hydrogens is 364 g/mol. The van der Waals surface area contributed by atoms with Crippen LogP contribution in [0.3, 0.4) is 0 Å². The summed E-state index contributed by atoms with van der Waals surface area (Å²) in [5.74, 6) is 2.94. The lowest BCUT2D eigenvalue weighted by molar-refractivity contribution is 0.0243. The summed E-state index contributed by atoms with van der Waals surface area (Å²) in [6, 6.07) is 8.54. The van der Waals surface area contributed by atoms with Gasteiger partial charge in [-0.2, -0.15) is 0 Å². The first-order valence-corrected chi connectivity index (χ1v) is 11.9. The lowest BCUT2D eigenvalue weighted by atomic mass is 9.46. The van der Waals surface area contributed by atoms with Gasteiger partial charge in [0.05, 0.1) is 11.0 Å². The molecule has 0 amide bonds. The number of para-hydroxylation sites is 2. The van der Waals surface area contributed by atoms with E-state index in [1.807, 2.05) is 6.33 Å². The largest absolute Gasteiger partial charge is 0.302 e. The van der Waals surface area contributed by atoms with Crippen LogP contribution in [-0.4, -0.2) is 9.55 Å². The SMILES string of the molecule is C=C1C[C@]2(C)C(n3cnc4ccccc43)=CCC2C2CC=C3C[C@@H](C)CC[C@]3(C)C12. The van der Waals surface area contributed by atoms with Crippen LogP contribution < -0.4 is 0 Å². The summed E-state index contributed by atoms with van der Waals surface area (Å²) in [4.78, 5) is 4.69. The molecule has 2 nitrogen and oxygen atoms in total. The minimum Gasteiger partial charge on any atom is -0.302 e. The van der Waals surface area contributed by atoms with Crippen molar-refractivity contribution in [2.45, 2.75) is 59.3 Å². The number of hydrogen-bond acceptors (Lipinski definition) is 1. The van der Waals surface area contributed by atoms with Gasteiger partial charge in [0.15, 0.2) is 0 Å². The third kappa shape index (κ3) is 2.34. The van der Waals surface area contributed by atoms with Gasteiger partial charge in [-0.1, -0.05) is 62.8 Å². The van der Waals surface area contributed by atoms with E-state index in [0.29, 0.717) is 17.3 Å². The Balaban J connectivity index is 1.41. The second kappa shape index (κ2) is 6.22. The molecule has 156 valence electrons. The molecule has 1 heterocycles. The number of aromatic nitrogens is 2. The van der Waals surface area contributed by atoms with Crippen LogP contribution in [0.2, 0.25) is 0 Å². The van der Waals surface area contributed by atoms with Gasteiger partial charge < -0.3 is 4.57 Å². The average molecular weight is 399 g/mol. The highest BCUT2D eigenvalue weighted by Gasteiger charge is 2.58. The Bertz CT molecular complexity index is 1100. The maximum absolute atomic E-state index is 4.76. The first-order valence-electron chi connectivity index (χ1n) is 11.9. The molecule has 0 saturated heterocycles. The molecule has 2 saturated carbocycles. The van der Waals surface area contributed by atoms with Crippen LogP contribution in [0.25, 0.3) is 16.7 Å². The van der Waals surface area contributed by atoms with Gasteiger partial charge in [-0.25, -0.2) is 4.98 Å². The van der Waals surface area contributed by atoms with Crippen molar-refractivity contribution in [3.63, 3.8) is 0 Å². The molecule has 3 unspecified atom stereocenters. The molecule has 0 N–H and O–H groups in total. The number of nitrogens with zero attached hydrogens (tertiary/aromatic N) is 2. The van der Waals surface area contributed by atoms with Crippen molar-refractivity contribution in [2.75, 3.05) is 0 Å². The third-order valence-corrected chi connectivity index (χ3v) is 9.44. The van der Waals surface area contributed by atoms with Crippen LogP contribution in [0, 0.1) is 34.5 Å². The zero-order valence-corrected chi connectivity index (χ0v) is 18.7. The zero-order chi connectivity index (χ0) is 20.7. The number of benzene rings is 1. The van der Waals surface area contributed by atoms with Gasteiger partial charge in [0.1, 0.15) is 6.33 Å². The molecule has 4 aliphatic carbocycles. The Kier molecular flexibility index (Phi) is 3.87. The predicted molar refractivity (Wildman–Crippen MR) is 125 cm³/mol. The van der Waals surface area contributed by atoms with Crippen molar-refractivity contribution < 1.29 is 0 Å². The van der Waals surface area contributed by atoms with Crippen LogP contribution in [0.4, 0.5) is 0 Å². The molecule has 6 atom stereocenters. The van der Waals surface area contributed by atoms with E-state index in [2.05, 4.69) is 61.8 Å². The molecule has 2 fully saturated rings. The van der Waals surface area contributed by atoms with Gasteiger partial charge in [0, 0.05) is 11.1 Å². The van der Waals surface area contributed by atoms with Crippen molar-refractivity contribution >= 4 is 16.7 Å². The number of fused-ring (bicyclic) bond motifs is 6. The van der Waals surface area contributed by atoms with Crippen LogP contribution >= 0.6 is 0 Å². The first-order chi connectivity index (χ1) is 14.4. The van der Waals surface area contributed by atoms with E-state index < -0.39 is 0 Å². The summed E-state index contributed by atoms with van der Waals surface area (Å²) in [5, 5.41) is 0. The summed E-state index contributed by atoms with van der Waals surface area (Å²) in [6.07, 6.45) is 14.8. The van der Waals surface area contributed by atoms with Crippen molar-refractivity contribution in [1.29, 1.82) is 0 Å². The standard InChI is InChI=1S/C28H34N2/c1-18-13-14-27(3)20(15-18)9-10-21-22-11-12-25(28(22,4)16-19(2)26(21)27)30-17-29-23-7-5-6-8-24(23)30/h5-9,12,17-18,21-22,26H,2,10-11,13-16H2,1,3-4H3/t18-,21?,22?,26?,27-,28-/m0/s1. The molecule has 2 aromatic rings. The lowest BCUT2D eigenvalue weighted by Crippen LogP contribution is -2.50.